The van der Waals surface area contributed by atoms with Crippen LogP contribution in [0.1, 0.15) is 95.6 Å². The number of nitrogen functional groups attached to an aromatic ring is 1. The van der Waals surface area contributed by atoms with Crippen molar-refractivity contribution in [3.63, 3.8) is 0 Å². The van der Waals surface area contributed by atoms with Gasteiger partial charge in [-0.05, 0) is 19.3 Å². The van der Waals surface area contributed by atoms with Gasteiger partial charge in [-0.15, -0.1) is 5.10 Å². The van der Waals surface area contributed by atoms with Gasteiger partial charge in [0.15, 0.2) is 5.82 Å². The van der Waals surface area contributed by atoms with Crippen LogP contribution in [0.3, 0.4) is 0 Å². The van der Waals surface area contributed by atoms with Crippen molar-refractivity contribution in [3.05, 3.63) is 5.69 Å². The monoisotopic (exact) mass is 292 g/mol. The SMILES string of the molecule is CCCCCCCCCCCCn1nnc(N)c1C1CC1. The Hall–Kier alpha value is -1.06. The Balaban J connectivity index is 1.48. The zero-order valence-corrected chi connectivity index (χ0v) is 13.7. The second-order valence-electron chi connectivity index (χ2n) is 6.54. The summed E-state index contributed by atoms with van der Waals surface area (Å²) in [7, 11) is 0. The quantitative estimate of drug-likeness (QED) is 0.570. The van der Waals surface area contributed by atoms with Gasteiger partial charge in [0.1, 0.15) is 0 Å². The van der Waals surface area contributed by atoms with Gasteiger partial charge in [0, 0.05) is 12.5 Å². The molecule has 0 spiro atoms. The highest BCUT2D eigenvalue weighted by Crippen LogP contribution is 2.41. The van der Waals surface area contributed by atoms with Crippen molar-refractivity contribution in [2.24, 2.45) is 0 Å². The van der Waals surface area contributed by atoms with Crippen LogP contribution in [-0.4, -0.2) is 15.0 Å². The predicted octanol–water partition coefficient (Wildman–Crippen LogP) is 4.66. The topological polar surface area (TPSA) is 56.7 Å². The molecule has 2 N–H and O–H groups in total. The molecule has 0 radical (unpaired) electrons. The van der Waals surface area contributed by atoms with Gasteiger partial charge in [0.05, 0.1) is 5.69 Å². The molecule has 21 heavy (non-hydrogen) atoms. The first-order valence-corrected chi connectivity index (χ1v) is 9.01. The Morgan fingerprint density at radius 1 is 0.952 bits per heavy atom. The minimum atomic E-state index is 0.642. The maximum atomic E-state index is 5.91. The zero-order chi connectivity index (χ0) is 14.9. The minimum Gasteiger partial charge on any atom is -0.381 e. The molecule has 2 rings (SSSR count). The lowest BCUT2D eigenvalue weighted by molar-refractivity contribution is 0.497. The molecule has 0 atom stereocenters. The Morgan fingerprint density at radius 3 is 2.10 bits per heavy atom. The summed E-state index contributed by atoms with van der Waals surface area (Å²) in [5.41, 5.74) is 7.11. The van der Waals surface area contributed by atoms with Gasteiger partial charge >= 0.3 is 0 Å². The summed E-state index contributed by atoms with van der Waals surface area (Å²) in [5.74, 6) is 1.30. The molecule has 0 saturated heterocycles. The Morgan fingerprint density at radius 2 is 1.52 bits per heavy atom. The third-order valence-electron chi connectivity index (χ3n) is 4.49. The van der Waals surface area contributed by atoms with Crippen LogP contribution in [0.4, 0.5) is 5.82 Å². The molecule has 0 aromatic carbocycles. The number of hydrogen-bond donors (Lipinski definition) is 1. The highest BCUT2D eigenvalue weighted by molar-refractivity contribution is 5.38. The van der Waals surface area contributed by atoms with Crippen molar-refractivity contribution < 1.29 is 0 Å². The van der Waals surface area contributed by atoms with Gasteiger partial charge in [-0.3, -0.25) is 0 Å². The van der Waals surface area contributed by atoms with Gasteiger partial charge in [-0.1, -0.05) is 69.9 Å². The van der Waals surface area contributed by atoms with Gasteiger partial charge in [-0.2, -0.15) is 0 Å². The molecule has 4 heteroatoms. The van der Waals surface area contributed by atoms with E-state index in [1.54, 1.807) is 0 Å². The van der Waals surface area contributed by atoms with Crippen molar-refractivity contribution in [2.45, 2.75) is 96.4 Å². The van der Waals surface area contributed by atoms with Crippen LogP contribution in [0.15, 0.2) is 0 Å². The Kier molecular flexibility index (Phi) is 7.04. The Bertz CT molecular complexity index is 395. The van der Waals surface area contributed by atoms with E-state index in [9.17, 15) is 0 Å². The minimum absolute atomic E-state index is 0.642. The van der Waals surface area contributed by atoms with Crippen LogP contribution in [0, 0.1) is 0 Å². The third kappa shape index (κ3) is 5.68. The molecule has 0 bridgehead atoms. The molecule has 1 aliphatic rings. The first-order chi connectivity index (χ1) is 10.3. The largest absolute Gasteiger partial charge is 0.381 e. The third-order valence-corrected chi connectivity index (χ3v) is 4.49. The van der Waals surface area contributed by atoms with E-state index in [-0.39, 0.29) is 0 Å². The number of nitrogens with zero attached hydrogens (tertiary/aromatic N) is 3. The number of aromatic nitrogens is 3. The molecule has 1 aromatic rings. The molecule has 4 nitrogen and oxygen atoms in total. The summed E-state index contributed by atoms with van der Waals surface area (Å²) in [6, 6.07) is 0. The number of hydrogen-bond acceptors (Lipinski definition) is 3. The summed E-state index contributed by atoms with van der Waals surface area (Å²) in [6.07, 6.45) is 16.2. The lowest BCUT2D eigenvalue weighted by Gasteiger charge is -2.06. The fourth-order valence-corrected chi connectivity index (χ4v) is 3.02. The van der Waals surface area contributed by atoms with E-state index in [2.05, 4.69) is 21.9 Å². The maximum absolute atomic E-state index is 5.91. The van der Waals surface area contributed by atoms with E-state index >= 15 is 0 Å². The van der Waals surface area contributed by atoms with E-state index in [0.29, 0.717) is 11.7 Å². The molecule has 1 aromatic heterocycles. The average Bonchev–Trinajstić information content (AvgIpc) is 3.25. The fourth-order valence-electron chi connectivity index (χ4n) is 3.02. The normalized spacial score (nSPS) is 14.7. The van der Waals surface area contributed by atoms with Gasteiger partial charge in [0.25, 0.3) is 0 Å². The Labute approximate surface area is 129 Å². The lowest BCUT2D eigenvalue weighted by Crippen LogP contribution is -2.05. The molecule has 0 amide bonds. The van der Waals surface area contributed by atoms with Crippen LogP contribution in [-0.2, 0) is 6.54 Å². The smallest absolute Gasteiger partial charge is 0.169 e. The summed E-state index contributed by atoms with van der Waals surface area (Å²) in [4.78, 5) is 0. The summed E-state index contributed by atoms with van der Waals surface area (Å²) in [6.45, 7) is 3.27. The van der Waals surface area contributed by atoms with Crippen LogP contribution in [0.5, 0.6) is 0 Å². The molecule has 1 aliphatic carbocycles. The van der Waals surface area contributed by atoms with Crippen LogP contribution >= 0.6 is 0 Å². The van der Waals surface area contributed by atoms with Crippen LogP contribution in [0.25, 0.3) is 0 Å². The number of aryl methyl sites for hydroxylation is 1. The van der Waals surface area contributed by atoms with E-state index in [0.717, 1.165) is 6.54 Å². The molecule has 1 heterocycles. The average molecular weight is 292 g/mol. The van der Waals surface area contributed by atoms with Crippen molar-refractivity contribution in [2.75, 3.05) is 5.73 Å². The number of unbranched alkanes of at least 4 members (excludes halogenated alkanes) is 9. The first kappa shape index (κ1) is 16.3. The van der Waals surface area contributed by atoms with Crippen molar-refractivity contribution in [1.29, 1.82) is 0 Å². The highest BCUT2D eigenvalue weighted by atomic mass is 15.4. The van der Waals surface area contributed by atoms with Crippen LogP contribution in [0.2, 0.25) is 0 Å². The molecule has 0 unspecified atom stereocenters. The maximum Gasteiger partial charge on any atom is 0.169 e. The molecular formula is C17H32N4. The van der Waals surface area contributed by atoms with E-state index in [1.165, 1.54) is 82.7 Å². The summed E-state index contributed by atoms with van der Waals surface area (Å²) in [5, 5.41) is 8.23. The molecular weight excluding hydrogens is 260 g/mol. The predicted molar refractivity (Wildman–Crippen MR) is 88.3 cm³/mol. The molecule has 1 fully saturated rings. The highest BCUT2D eigenvalue weighted by Gasteiger charge is 2.30. The number of anilines is 1. The molecule has 120 valence electrons. The summed E-state index contributed by atoms with van der Waals surface area (Å²) >= 11 is 0. The van der Waals surface area contributed by atoms with Crippen molar-refractivity contribution in [1.82, 2.24) is 15.0 Å². The van der Waals surface area contributed by atoms with Gasteiger partial charge < -0.3 is 5.73 Å². The van der Waals surface area contributed by atoms with Crippen molar-refractivity contribution in [3.8, 4) is 0 Å². The number of nitrogens with two attached hydrogens (primary N) is 1. The summed E-state index contributed by atoms with van der Waals surface area (Å²) < 4.78 is 2.05. The first-order valence-electron chi connectivity index (χ1n) is 9.01. The van der Waals surface area contributed by atoms with Crippen molar-refractivity contribution >= 4 is 5.82 Å². The fraction of sp³-hybridized carbons (Fsp3) is 0.882. The van der Waals surface area contributed by atoms with E-state index in [4.69, 9.17) is 5.73 Å². The van der Waals surface area contributed by atoms with Gasteiger partial charge in [0.2, 0.25) is 0 Å². The standard InChI is InChI=1S/C17H32N4/c1-2-3-4-5-6-7-8-9-10-11-14-21-16(15-12-13-15)17(18)19-20-21/h15H,2-14,18H2,1H3. The molecule has 0 aliphatic heterocycles. The molecule has 1 saturated carbocycles. The van der Waals surface area contributed by atoms with Crippen LogP contribution < -0.4 is 5.73 Å². The second kappa shape index (κ2) is 9.06. The lowest BCUT2D eigenvalue weighted by atomic mass is 10.1. The van der Waals surface area contributed by atoms with Gasteiger partial charge in [-0.25, -0.2) is 4.68 Å². The zero-order valence-electron chi connectivity index (χ0n) is 13.7. The number of rotatable bonds is 12. The van der Waals surface area contributed by atoms with E-state index in [1.807, 2.05) is 0 Å². The van der Waals surface area contributed by atoms with E-state index < -0.39 is 0 Å². The second-order valence-corrected chi connectivity index (χ2v) is 6.54.